The van der Waals surface area contributed by atoms with Crippen molar-refractivity contribution in [1.82, 2.24) is 5.32 Å². The highest BCUT2D eigenvalue weighted by Gasteiger charge is 2.12. The van der Waals surface area contributed by atoms with Crippen LogP contribution in [-0.4, -0.2) is 18.6 Å². The molecule has 0 radical (unpaired) electrons. The van der Waals surface area contributed by atoms with Gasteiger partial charge in [0.05, 0.1) is 6.61 Å². The molecule has 0 bridgehead atoms. The minimum atomic E-state index is -0.296. The number of benzene rings is 1. The molecule has 0 aliphatic carbocycles. The Morgan fingerprint density at radius 1 is 1.37 bits per heavy atom. The van der Waals surface area contributed by atoms with Crippen molar-refractivity contribution in [2.24, 2.45) is 5.73 Å². The topological polar surface area (TPSA) is 64.3 Å². The summed E-state index contributed by atoms with van der Waals surface area (Å²) in [5.41, 5.74) is 7.74. The summed E-state index contributed by atoms with van der Waals surface area (Å²) < 4.78 is 5.08. The Kier molecular flexibility index (Phi) is 5.99. The van der Waals surface area contributed by atoms with Crippen molar-refractivity contribution in [3.63, 3.8) is 0 Å². The van der Waals surface area contributed by atoms with Crippen LogP contribution in [0.4, 0.5) is 0 Å². The molecule has 0 saturated carbocycles. The van der Waals surface area contributed by atoms with E-state index in [1.54, 1.807) is 7.11 Å². The van der Waals surface area contributed by atoms with Gasteiger partial charge in [-0.1, -0.05) is 24.3 Å². The Hall–Kier alpha value is -1.39. The molecular formula is C15H24N2O2. The normalized spacial score (nSPS) is 11.4. The van der Waals surface area contributed by atoms with E-state index in [1.165, 1.54) is 0 Å². The SMILES string of the molecule is COCc1cccc(CNC(=O)CCC(C)(C)N)c1. The summed E-state index contributed by atoms with van der Waals surface area (Å²) >= 11 is 0. The van der Waals surface area contributed by atoms with Gasteiger partial charge >= 0.3 is 0 Å². The fourth-order valence-electron chi connectivity index (χ4n) is 1.72. The summed E-state index contributed by atoms with van der Waals surface area (Å²) in [4.78, 5) is 11.7. The average Bonchev–Trinajstić information content (AvgIpc) is 2.34. The fraction of sp³-hybridized carbons (Fsp3) is 0.533. The van der Waals surface area contributed by atoms with Crippen molar-refractivity contribution in [2.75, 3.05) is 7.11 Å². The minimum absolute atomic E-state index is 0.0377. The van der Waals surface area contributed by atoms with E-state index < -0.39 is 0 Å². The predicted octanol–water partition coefficient (Wildman–Crippen LogP) is 1.97. The lowest BCUT2D eigenvalue weighted by Crippen LogP contribution is -2.34. The molecule has 0 unspecified atom stereocenters. The van der Waals surface area contributed by atoms with E-state index in [0.29, 0.717) is 26.0 Å². The molecule has 0 saturated heterocycles. The molecule has 0 atom stereocenters. The van der Waals surface area contributed by atoms with E-state index in [1.807, 2.05) is 38.1 Å². The van der Waals surface area contributed by atoms with Crippen LogP contribution in [0.15, 0.2) is 24.3 Å². The lowest BCUT2D eigenvalue weighted by Gasteiger charge is -2.17. The van der Waals surface area contributed by atoms with Crippen LogP contribution in [0.1, 0.15) is 37.8 Å². The van der Waals surface area contributed by atoms with Crippen LogP contribution < -0.4 is 11.1 Å². The highest BCUT2D eigenvalue weighted by atomic mass is 16.5. The van der Waals surface area contributed by atoms with Gasteiger partial charge in [-0.3, -0.25) is 4.79 Å². The summed E-state index contributed by atoms with van der Waals surface area (Å²) in [7, 11) is 1.67. The van der Waals surface area contributed by atoms with Gasteiger partial charge in [0.1, 0.15) is 0 Å². The molecule has 4 nitrogen and oxygen atoms in total. The minimum Gasteiger partial charge on any atom is -0.380 e. The van der Waals surface area contributed by atoms with Gasteiger partial charge in [-0.2, -0.15) is 0 Å². The van der Waals surface area contributed by atoms with Gasteiger partial charge < -0.3 is 15.8 Å². The van der Waals surface area contributed by atoms with Crippen molar-refractivity contribution in [3.05, 3.63) is 35.4 Å². The standard InChI is InChI=1S/C15H24N2O2/c1-15(2,16)8-7-14(18)17-10-12-5-4-6-13(9-12)11-19-3/h4-6,9H,7-8,10-11,16H2,1-3H3,(H,17,18). The summed E-state index contributed by atoms with van der Waals surface area (Å²) in [6, 6.07) is 8.01. The van der Waals surface area contributed by atoms with E-state index in [9.17, 15) is 4.79 Å². The second-order valence-electron chi connectivity index (χ2n) is 5.52. The molecule has 1 rings (SSSR count). The van der Waals surface area contributed by atoms with E-state index in [0.717, 1.165) is 11.1 Å². The summed E-state index contributed by atoms with van der Waals surface area (Å²) in [5.74, 6) is 0.0377. The maximum Gasteiger partial charge on any atom is 0.220 e. The maximum absolute atomic E-state index is 11.7. The quantitative estimate of drug-likeness (QED) is 0.791. The van der Waals surface area contributed by atoms with E-state index in [4.69, 9.17) is 10.5 Å². The first kappa shape index (κ1) is 15.7. The molecule has 0 aliphatic heterocycles. The van der Waals surface area contributed by atoms with Crippen molar-refractivity contribution in [2.45, 2.75) is 45.4 Å². The number of nitrogens with two attached hydrogens (primary N) is 1. The van der Waals surface area contributed by atoms with Gasteiger partial charge in [-0.25, -0.2) is 0 Å². The zero-order valence-electron chi connectivity index (χ0n) is 12.0. The zero-order valence-corrected chi connectivity index (χ0v) is 12.0. The average molecular weight is 264 g/mol. The van der Waals surface area contributed by atoms with E-state index in [2.05, 4.69) is 5.32 Å². The van der Waals surface area contributed by atoms with Crippen LogP contribution in [-0.2, 0) is 22.7 Å². The Morgan fingerprint density at radius 3 is 2.68 bits per heavy atom. The lowest BCUT2D eigenvalue weighted by molar-refractivity contribution is -0.121. The number of hydrogen-bond donors (Lipinski definition) is 2. The summed E-state index contributed by atoms with van der Waals surface area (Å²) in [6.45, 7) is 4.98. The third-order valence-corrected chi connectivity index (χ3v) is 2.79. The van der Waals surface area contributed by atoms with Crippen molar-refractivity contribution in [1.29, 1.82) is 0 Å². The van der Waals surface area contributed by atoms with Gasteiger partial charge in [0.25, 0.3) is 0 Å². The second-order valence-corrected chi connectivity index (χ2v) is 5.52. The Bertz CT molecular complexity index is 411. The van der Waals surface area contributed by atoms with E-state index in [-0.39, 0.29) is 11.4 Å². The van der Waals surface area contributed by atoms with Crippen LogP contribution in [0.2, 0.25) is 0 Å². The van der Waals surface area contributed by atoms with Crippen molar-refractivity contribution >= 4 is 5.91 Å². The Balaban J connectivity index is 2.39. The molecule has 0 fully saturated rings. The second kappa shape index (κ2) is 7.26. The first-order chi connectivity index (χ1) is 8.90. The van der Waals surface area contributed by atoms with Gasteiger partial charge in [-0.05, 0) is 31.4 Å². The van der Waals surface area contributed by atoms with Gasteiger partial charge in [0.15, 0.2) is 0 Å². The Morgan fingerprint density at radius 2 is 2.05 bits per heavy atom. The molecule has 0 heterocycles. The molecule has 0 aliphatic rings. The first-order valence-corrected chi connectivity index (χ1v) is 6.53. The highest BCUT2D eigenvalue weighted by molar-refractivity contribution is 5.75. The van der Waals surface area contributed by atoms with E-state index >= 15 is 0 Å². The third kappa shape index (κ3) is 6.94. The van der Waals surface area contributed by atoms with Gasteiger partial charge in [0, 0.05) is 25.6 Å². The van der Waals surface area contributed by atoms with Crippen LogP contribution in [0, 0.1) is 0 Å². The number of ether oxygens (including phenoxy) is 1. The fourth-order valence-corrected chi connectivity index (χ4v) is 1.72. The first-order valence-electron chi connectivity index (χ1n) is 6.53. The number of rotatable bonds is 7. The number of carbonyl (C=O) groups is 1. The zero-order chi connectivity index (χ0) is 14.3. The van der Waals surface area contributed by atoms with Crippen LogP contribution >= 0.6 is 0 Å². The smallest absolute Gasteiger partial charge is 0.220 e. The van der Waals surface area contributed by atoms with Crippen molar-refractivity contribution < 1.29 is 9.53 Å². The highest BCUT2D eigenvalue weighted by Crippen LogP contribution is 2.08. The molecule has 1 aromatic rings. The molecule has 0 aromatic heterocycles. The molecular weight excluding hydrogens is 240 g/mol. The summed E-state index contributed by atoms with van der Waals surface area (Å²) in [5, 5.41) is 2.91. The number of hydrogen-bond acceptors (Lipinski definition) is 3. The molecule has 1 amide bonds. The molecule has 4 heteroatoms. The van der Waals surface area contributed by atoms with Gasteiger partial charge in [-0.15, -0.1) is 0 Å². The molecule has 1 aromatic carbocycles. The molecule has 106 valence electrons. The number of amides is 1. The largest absolute Gasteiger partial charge is 0.380 e. The van der Waals surface area contributed by atoms with Crippen molar-refractivity contribution in [3.8, 4) is 0 Å². The van der Waals surface area contributed by atoms with Crippen LogP contribution in [0.5, 0.6) is 0 Å². The number of methoxy groups -OCH3 is 1. The molecule has 19 heavy (non-hydrogen) atoms. The van der Waals surface area contributed by atoms with Crippen LogP contribution in [0.3, 0.4) is 0 Å². The maximum atomic E-state index is 11.7. The molecule has 3 N–H and O–H groups in total. The monoisotopic (exact) mass is 264 g/mol. The van der Waals surface area contributed by atoms with Crippen LogP contribution in [0.25, 0.3) is 0 Å². The Labute approximate surface area is 115 Å². The predicted molar refractivity (Wildman–Crippen MR) is 76.5 cm³/mol. The molecule has 0 spiro atoms. The lowest BCUT2D eigenvalue weighted by atomic mass is 10.00. The third-order valence-electron chi connectivity index (χ3n) is 2.79. The number of carbonyl (C=O) groups excluding carboxylic acids is 1. The summed E-state index contributed by atoms with van der Waals surface area (Å²) in [6.07, 6.45) is 1.14. The van der Waals surface area contributed by atoms with Gasteiger partial charge in [0.2, 0.25) is 5.91 Å². The number of nitrogens with one attached hydrogen (secondary N) is 1.